The van der Waals surface area contributed by atoms with Gasteiger partial charge in [-0.25, -0.2) is 4.98 Å². The zero-order valence-corrected chi connectivity index (χ0v) is 9.37. The number of aromatic amines is 1. The number of rotatable bonds is 4. The van der Waals surface area contributed by atoms with Crippen molar-refractivity contribution in [2.24, 2.45) is 5.92 Å². The van der Waals surface area contributed by atoms with E-state index in [1.807, 2.05) is 0 Å². The van der Waals surface area contributed by atoms with E-state index in [2.05, 4.69) is 27.4 Å². The summed E-state index contributed by atoms with van der Waals surface area (Å²) in [5, 5.41) is 10.3. The van der Waals surface area contributed by atoms with Crippen molar-refractivity contribution >= 4 is 0 Å². The second kappa shape index (κ2) is 5.26. The summed E-state index contributed by atoms with van der Waals surface area (Å²) in [5.41, 5.74) is 0. The summed E-state index contributed by atoms with van der Waals surface area (Å²) in [6, 6.07) is 0.719. The molecule has 15 heavy (non-hydrogen) atoms. The van der Waals surface area contributed by atoms with E-state index in [1.54, 1.807) is 6.33 Å². The van der Waals surface area contributed by atoms with Crippen LogP contribution in [0, 0.1) is 5.92 Å². The summed E-state index contributed by atoms with van der Waals surface area (Å²) in [7, 11) is 0. The summed E-state index contributed by atoms with van der Waals surface area (Å²) in [4.78, 5) is 4.11. The fraction of sp³-hybridized carbons (Fsp3) is 0.818. The number of H-pyrrole nitrogens is 1. The molecular formula is C11H20N4. The Morgan fingerprint density at radius 2 is 2.47 bits per heavy atom. The number of hydrogen-bond acceptors (Lipinski definition) is 3. The first-order chi connectivity index (χ1) is 7.34. The molecule has 4 nitrogen and oxygen atoms in total. The molecule has 1 aliphatic rings. The lowest BCUT2D eigenvalue weighted by atomic mass is 9.87. The number of aromatic nitrogens is 3. The van der Waals surface area contributed by atoms with Gasteiger partial charge < -0.3 is 5.32 Å². The normalized spacial score (nSPS) is 26.7. The number of nitrogens with one attached hydrogen (secondary N) is 2. The average molecular weight is 208 g/mol. The second-order valence-corrected chi connectivity index (χ2v) is 4.60. The summed E-state index contributed by atoms with van der Waals surface area (Å²) < 4.78 is 0. The fourth-order valence-electron chi connectivity index (χ4n) is 2.37. The third-order valence-corrected chi connectivity index (χ3v) is 3.20. The average Bonchev–Trinajstić information content (AvgIpc) is 2.71. The van der Waals surface area contributed by atoms with Gasteiger partial charge in [-0.1, -0.05) is 19.8 Å². The number of hydrogen-bond donors (Lipinski definition) is 2. The molecule has 2 rings (SSSR count). The van der Waals surface area contributed by atoms with Crippen LogP contribution in [-0.4, -0.2) is 27.8 Å². The first-order valence-electron chi connectivity index (χ1n) is 5.92. The fourth-order valence-corrected chi connectivity index (χ4v) is 2.37. The van der Waals surface area contributed by atoms with Crippen molar-refractivity contribution in [1.82, 2.24) is 20.5 Å². The topological polar surface area (TPSA) is 53.6 Å². The molecular weight excluding hydrogens is 188 g/mol. The van der Waals surface area contributed by atoms with Gasteiger partial charge in [0.1, 0.15) is 12.2 Å². The molecule has 0 spiro atoms. The van der Waals surface area contributed by atoms with Crippen LogP contribution in [0.4, 0.5) is 0 Å². The van der Waals surface area contributed by atoms with E-state index in [4.69, 9.17) is 0 Å². The highest BCUT2D eigenvalue weighted by molar-refractivity contribution is 4.82. The van der Waals surface area contributed by atoms with Gasteiger partial charge >= 0.3 is 0 Å². The molecule has 0 amide bonds. The Hall–Kier alpha value is -0.900. The minimum absolute atomic E-state index is 0.719. The molecule has 1 fully saturated rings. The summed E-state index contributed by atoms with van der Waals surface area (Å²) >= 11 is 0. The highest BCUT2D eigenvalue weighted by Crippen LogP contribution is 2.23. The van der Waals surface area contributed by atoms with E-state index in [0.717, 1.165) is 30.7 Å². The van der Waals surface area contributed by atoms with Crippen LogP contribution < -0.4 is 5.32 Å². The summed E-state index contributed by atoms with van der Waals surface area (Å²) in [5.74, 6) is 1.87. The van der Waals surface area contributed by atoms with Crippen molar-refractivity contribution in [3.63, 3.8) is 0 Å². The molecule has 84 valence electrons. The third-order valence-electron chi connectivity index (χ3n) is 3.20. The molecule has 2 unspecified atom stereocenters. The van der Waals surface area contributed by atoms with Gasteiger partial charge in [0.05, 0.1) is 0 Å². The Labute approximate surface area is 90.9 Å². The van der Waals surface area contributed by atoms with Crippen LogP contribution in [-0.2, 0) is 6.42 Å². The zero-order chi connectivity index (χ0) is 10.5. The minimum atomic E-state index is 0.719. The zero-order valence-electron chi connectivity index (χ0n) is 9.37. The molecule has 4 heteroatoms. The maximum atomic E-state index is 4.11. The Bertz CT molecular complexity index is 270. The van der Waals surface area contributed by atoms with Gasteiger partial charge in [0.15, 0.2) is 0 Å². The van der Waals surface area contributed by atoms with Gasteiger partial charge in [-0.2, -0.15) is 5.10 Å². The maximum absolute atomic E-state index is 4.11. The summed E-state index contributed by atoms with van der Waals surface area (Å²) in [6.07, 6.45) is 7.96. The molecule has 1 heterocycles. The van der Waals surface area contributed by atoms with Crippen molar-refractivity contribution in [2.75, 3.05) is 6.54 Å². The molecule has 0 aromatic carbocycles. The molecule has 1 aromatic rings. The van der Waals surface area contributed by atoms with Crippen LogP contribution in [0.5, 0.6) is 0 Å². The molecule has 2 atom stereocenters. The van der Waals surface area contributed by atoms with Crippen molar-refractivity contribution in [2.45, 2.75) is 45.1 Å². The Kier molecular flexibility index (Phi) is 3.72. The van der Waals surface area contributed by atoms with E-state index >= 15 is 0 Å². The van der Waals surface area contributed by atoms with Crippen molar-refractivity contribution in [3.8, 4) is 0 Å². The predicted octanol–water partition coefficient (Wildman–Crippen LogP) is 1.52. The number of nitrogens with zero attached hydrogens (tertiary/aromatic N) is 2. The van der Waals surface area contributed by atoms with Gasteiger partial charge in [-0.3, -0.25) is 5.10 Å². The van der Waals surface area contributed by atoms with Crippen LogP contribution in [0.1, 0.15) is 38.4 Å². The van der Waals surface area contributed by atoms with Crippen LogP contribution in [0.3, 0.4) is 0 Å². The second-order valence-electron chi connectivity index (χ2n) is 4.60. The molecule has 0 saturated heterocycles. The van der Waals surface area contributed by atoms with E-state index in [9.17, 15) is 0 Å². The third kappa shape index (κ3) is 3.30. The van der Waals surface area contributed by atoms with Crippen molar-refractivity contribution < 1.29 is 0 Å². The van der Waals surface area contributed by atoms with Gasteiger partial charge in [-0.05, 0) is 18.8 Å². The van der Waals surface area contributed by atoms with E-state index < -0.39 is 0 Å². The van der Waals surface area contributed by atoms with E-state index in [0.29, 0.717) is 0 Å². The Morgan fingerprint density at radius 3 is 3.20 bits per heavy atom. The lowest BCUT2D eigenvalue weighted by Gasteiger charge is -2.27. The largest absolute Gasteiger partial charge is 0.314 e. The van der Waals surface area contributed by atoms with E-state index in [-0.39, 0.29) is 0 Å². The quantitative estimate of drug-likeness (QED) is 0.788. The summed E-state index contributed by atoms with van der Waals surface area (Å²) in [6.45, 7) is 3.36. The SMILES string of the molecule is CC1CCCC(NCCc2ncn[nH]2)C1. The Balaban J connectivity index is 1.65. The van der Waals surface area contributed by atoms with Gasteiger partial charge in [0.25, 0.3) is 0 Å². The molecule has 0 bridgehead atoms. The monoisotopic (exact) mass is 208 g/mol. The predicted molar refractivity (Wildman–Crippen MR) is 59.5 cm³/mol. The van der Waals surface area contributed by atoms with Crippen LogP contribution in [0.15, 0.2) is 6.33 Å². The lowest BCUT2D eigenvalue weighted by Crippen LogP contribution is -2.34. The molecule has 2 N–H and O–H groups in total. The first-order valence-corrected chi connectivity index (χ1v) is 5.92. The molecule has 0 aliphatic heterocycles. The molecule has 0 radical (unpaired) electrons. The molecule has 1 saturated carbocycles. The minimum Gasteiger partial charge on any atom is -0.314 e. The molecule has 1 aromatic heterocycles. The van der Waals surface area contributed by atoms with Crippen molar-refractivity contribution in [1.29, 1.82) is 0 Å². The van der Waals surface area contributed by atoms with Crippen molar-refractivity contribution in [3.05, 3.63) is 12.2 Å². The molecule has 1 aliphatic carbocycles. The van der Waals surface area contributed by atoms with Gasteiger partial charge in [0, 0.05) is 19.0 Å². The van der Waals surface area contributed by atoms with E-state index in [1.165, 1.54) is 25.7 Å². The highest BCUT2D eigenvalue weighted by Gasteiger charge is 2.17. The smallest absolute Gasteiger partial charge is 0.137 e. The Morgan fingerprint density at radius 1 is 1.53 bits per heavy atom. The van der Waals surface area contributed by atoms with Gasteiger partial charge in [-0.15, -0.1) is 0 Å². The van der Waals surface area contributed by atoms with Crippen LogP contribution in [0.25, 0.3) is 0 Å². The lowest BCUT2D eigenvalue weighted by molar-refractivity contribution is 0.302. The maximum Gasteiger partial charge on any atom is 0.137 e. The van der Waals surface area contributed by atoms with Crippen LogP contribution >= 0.6 is 0 Å². The standard InChI is InChI=1S/C11H20N4/c1-9-3-2-4-10(7-9)12-6-5-11-13-8-14-15-11/h8-10,12H,2-7H2,1H3,(H,13,14,15). The van der Waals surface area contributed by atoms with Crippen LogP contribution in [0.2, 0.25) is 0 Å². The first kappa shape index (κ1) is 10.6. The highest BCUT2D eigenvalue weighted by atomic mass is 15.2. The van der Waals surface area contributed by atoms with Gasteiger partial charge in [0.2, 0.25) is 0 Å².